The second kappa shape index (κ2) is 2.83. The van der Waals surface area contributed by atoms with Gasteiger partial charge in [-0.05, 0) is 24.8 Å². The first-order valence-electron chi connectivity index (χ1n) is 1.90. The summed E-state index contributed by atoms with van der Waals surface area (Å²) in [7, 11) is 0. The molecule has 3 nitrogen and oxygen atoms in total. The van der Waals surface area contributed by atoms with Gasteiger partial charge >= 0.3 is 5.97 Å². The highest BCUT2D eigenvalue weighted by Gasteiger charge is 2.21. The van der Waals surface area contributed by atoms with Gasteiger partial charge in [-0.1, -0.05) is 0 Å². The van der Waals surface area contributed by atoms with Crippen LogP contribution >= 0.6 is 0 Å². The van der Waals surface area contributed by atoms with Gasteiger partial charge in [0.05, 0.1) is 0 Å². The molecule has 0 saturated heterocycles. The first-order chi connectivity index (χ1) is 2.94. The lowest BCUT2D eigenvalue weighted by molar-refractivity contribution is -0.154. The molecule has 0 radical (unpaired) electrons. The van der Waals surface area contributed by atoms with Crippen LogP contribution in [0.1, 0.15) is 13.8 Å². The quantitative estimate of drug-likeness (QED) is 0.426. The third kappa shape index (κ3) is 3.82. The summed E-state index contributed by atoms with van der Waals surface area (Å²) in [4.78, 5) is 9.77. The molecule has 0 saturated carbocycles. The highest BCUT2D eigenvalue weighted by atomic mass is 28.1. The molecular weight excluding hydrogens is 124 g/mol. The molecule has 0 fully saturated rings. The second-order valence-electron chi connectivity index (χ2n) is 1.86. The number of carboxylic acids is 1. The Morgan fingerprint density at radius 1 is 1.50 bits per heavy atom. The van der Waals surface area contributed by atoms with E-state index in [1.54, 1.807) is 0 Å². The van der Waals surface area contributed by atoms with Crippen molar-refractivity contribution in [3.05, 3.63) is 0 Å². The average Bonchev–Trinajstić information content (AvgIpc) is 1.31. The van der Waals surface area contributed by atoms with E-state index in [2.05, 4.69) is 0 Å². The van der Waals surface area contributed by atoms with E-state index in [4.69, 9.17) is 10.2 Å². The van der Waals surface area contributed by atoms with E-state index in [1.807, 2.05) is 0 Å². The first-order valence-corrected chi connectivity index (χ1v) is 1.90. The Bertz CT molecular complexity index is 83.8. The molecular formula is C4H12O3Si. The number of hydrogen-bond acceptors (Lipinski definition) is 2. The maximum absolute atomic E-state index is 9.77. The van der Waals surface area contributed by atoms with Crippen molar-refractivity contribution < 1.29 is 15.0 Å². The molecule has 0 unspecified atom stereocenters. The first kappa shape index (κ1) is 10.6. The van der Waals surface area contributed by atoms with Gasteiger partial charge in [0.25, 0.3) is 0 Å². The van der Waals surface area contributed by atoms with Crippen LogP contribution < -0.4 is 0 Å². The minimum atomic E-state index is -1.58. The predicted molar refractivity (Wildman–Crippen MR) is 35.3 cm³/mol. The lowest BCUT2D eigenvalue weighted by atomic mass is 10.1. The van der Waals surface area contributed by atoms with Crippen molar-refractivity contribution in [2.45, 2.75) is 19.4 Å². The highest BCUT2D eigenvalue weighted by Crippen LogP contribution is 1.97. The Hall–Kier alpha value is -0.353. The molecule has 0 rings (SSSR count). The molecule has 4 heteroatoms. The Balaban J connectivity index is 0. The van der Waals surface area contributed by atoms with Crippen molar-refractivity contribution in [2.24, 2.45) is 0 Å². The molecule has 8 heavy (non-hydrogen) atoms. The van der Waals surface area contributed by atoms with Crippen molar-refractivity contribution in [3.8, 4) is 0 Å². The Morgan fingerprint density at radius 2 is 1.62 bits per heavy atom. The smallest absolute Gasteiger partial charge is 0.335 e. The largest absolute Gasteiger partial charge is 0.479 e. The molecule has 0 aliphatic rings. The molecule has 2 N–H and O–H groups in total. The standard InChI is InChI=1S/C4H8O3.H4Si/c1-4(2,7)3(5)6;/h7H,1-2H3,(H,5,6);1H4. The maximum Gasteiger partial charge on any atom is 0.335 e. The van der Waals surface area contributed by atoms with Crippen molar-refractivity contribution >= 4 is 16.9 Å². The molecule has 0 aliphatic heterocycles. The van der Waals surface area contributed by atoms with Crippen LogP contribution in [-0.2, 0) is 4.79 Å². The van der Waals surface area contributed by atoms with Gasteiger partial charge in [0.1, 0.15) is 0 Å². The number of carbonyl (C=O) groups is 1. The third-order valence-electron chi connectivity index (χ3n) is 0.523. The van der Waals surface area contributed by atoms with Crippen LogP contribution in [0.3, 0.4) is 0 Å². The third-order valence-corrected chi connectivity index (χ3v) is 0.523. The van der Waals surface area contributed by atoms with Crippen molar-refractivity contribution in [2.75, 3.05) is 0 Å². The van der Waals surface area contributed by atoms with E-state index < -0.39 is 11.6 Å². The van der Waals surface area contributed by atoms with Crippen LogP contribution in [0.15, 0.2) is 0 Å². The average molecular weight is 136 g/mol. The zero-order valence-corrected chi connectivity index (χ0v) is 4.30. The zero-order valence-electron chi connectivity index (χ0n) is 4.30. The number of aliphatic carboxylic acids is 1. The lowest BCUT2D eigenvalue weighted by Crippen LogP contribution is -2.30. The van der Waals surface area contributed by atoms with Crippen LogP contribution in [0, 0.1) is 0 Å². The number of rotatable bonds is 1. The molecule has 50 valence electrons. The molecule has 0 aliphatic carbocycles. The topological polar surface area (TPSA) is 57.5 Å². The van der Waals surface area contributed by atoms with Gasteiger partial charge in [0.2, 0.25) is 0 Å². The fourth-order valence-corrected chi connectivity index (χ4v) is 0. The van der Waals surface area contributed by atoms with Crippen LogP contribution in [0.5, 0.6) is 0 Å². The fraction of sp³-hybridized carbons (Fsp3) is 0.750. The van der Waals surface area contributed by atoms with E-state index in [9.17, 15) is 4.79 Å². The van der Waals surface area contributed by atoms with Gasteiger partial charge in [-0.15, -0.1) is 0 Å². The maximum atomic E-state index is 9.77. The van der Waals surface area contributed by atoms with Crippen LogP contribution in [0.25, 0.3) is 0 Å². The summed E-state index contributed by atoms with van der Waals surface area (Å²) in [5, 5.41) is 16.5. The van der Waals surface area contributed by atoms with Gasteiger partial charge in [-0.25, -0.2) is 4.79 Å². The van der Waals surface area contributed by atoms with Gasteiger partial charge < -0.3 is 10.2 Å². The summed E-state index contributed by atoms with van der Waals surface area (Å²) in [6.45, 7) is 2.44. The minimum Gasteiger partial charge on any atom is -0.479 e. The second-order valence-corrected chi connectivity index (χ2v) is 1.86. The van der Waals surface area contributed by atoms with E-state index >= 15 is 0 Å². The normalized spacial score (nSPS) is 9.88. The summed E-state index contributed by atoms with van der Waals surface area (Å²) in [6.07, 6.45) is 0. The van der Waals surface area contributed by atoms with E-state index in [-0.39, 0.29) is 11.0 Å². The summed E-state index contributed by atoms with van der Waals surface area (Å²) in [6, 6.07) is 0. The van der Waals surface area contributed by atoms with Gasteiger partial charge in [0.15, 0.2) is 5.60 Å². The molecule has 0 aromatic carbocycles. The van der Waals surface area contributed by atoms with Gasteiger partial charge in [-0.3, -0.25) is 0 Å². The number of carboxylic acid groups (broad SMARTS) is 1. The molecule has 0 heterocycles. The zero-order chi connectivity index (χ0) is 6.08. The molecule has 0 aromatic heterocycles. The minimum absolute atomic E-state index is 0. The lowest BCUT2D eigenvalue weighted by Gasteiger charge is -2.07. The molecule has 0 atom stereocenters. The van der Waals surface area contributed by atoms with Crippen molar-refractivity contribution in [3.63, 3.8) is 0 Å². The fourth-order valence-electron chi connectivity index (χ4n) is 0. The predicted octanol–water partition coefficient (Wildman–Crippen LogP) is -1.61. The van der Waals surface area contributed by atoms with Gasteiger partial charge in [-0.2, -0.15) is 0 Å². The summed E-state index contributed by atoms with van der Waals surface area (Å²) < 4.78 is 0. The van der Waals surface area contributed by atoms with Crippen LogP contribution in [0.2, 0.25) is 0 Å². The molecule has 0 aromatic rings. The SMILES string of the molecule is CC(C)(O)C(=O)O.[SiH4]. The van der Waals surface area contributed by atoms with Crippen molar-refractivity contribution in [1.82, 2.24) is 0 Å². The van der Waals surface area contributed by atoms with Crippen molar-refractivity contribution in [1.29, 1.82) is 0 Å². The number of hydrogen-bond donors (Lipinski definition) is 2. The van der Waals surface area contributed by atoms with E-state index in [1.165, 1.54) is 13.8 Å². The summed E-state index contributed by atoms with van der Waals surface area (Å²) in [5.41, 5.74) is -1.58. The van der Waals surface area contributed by atoms with E-state index in [0.717, 1.165) is 0 Å². The molecule has 0 amide bonds. The van der Waals surface area contributed by atoms with Gasteiger partial charge in [0, 0.05) is 0 Å². The molecule has 0 spiro atoms. The highest BCUT2D eigenvalue weighted by molar-refractivity contribution is 5.76. The molecule has 0 bridgehead atoms. The van der Waals surface area contributed by atoms with Crippen LogP contribution in [-0.4, -0.2) is 32.7 Å². The summed E-state index contributed by atoms with van der Waals surface area (Å²) >= 11 is 0. The Morgan fingerprint density at radius 3 is 1.62 bits per heavy atom. The summed E-state index contributed by atoms with van der Waals surface area (Å²) in [5.74, 6) is -1.20. The van der Waals surface area contributed by atoms with Crippen LogP contribution in [0.4, 0.5) is 0 Å². The Labute approximate surface area is 52.4 Å². The Kier molecular flexibility index (Phi) is 3.75. The number of aliphatic hydroxyl groups is 1. The van der Waals surface area contributed by atoms with E-state index in [0.29, 0.717) is 0 Å². The monoisotopic (exact) mass is 136 g/mol.